The third-order valence-electron chi connectivity index (χ3n) is 5.11. The molecule has 0 saturated heterocycles. The van der Waals surface area contributed by atoms with E-state index >= 15 is 0 Å². The van der Waals surface area contributed by atoms with Gasteiger partial charge in [-0.15, -0.1) is 0 Å². The van der Waals surface area contributed by atoms with Gasteiger partial charge in [0, 0.05) is 13.5 Å². The third kappa shape index (κ3) is 3.74. The van der Waals surface area contributed by atoms with E-state index in [1.54, 1.807) is 6.07 Å². The lowest BCUT2D eigenvalue weighted by molar-refractivity contribution is -0.133. The Morgan fingerprint density at radius 1 is 1.30 bits per heavy atom. The number of rotatable bonds is 5. The van der Waals surface area contributed by atoms with Gasteiger partial charge in [-0.05, 0) is 47.9 Å². The molecule has 1 aromatic carbocycles. The van der Waals surface area contributed by atoms with E-state index in [0.717, 1.165) is 18.4 Å². The molecule has 0 bridgehead atoms. The van der Waals surface area contributed by atoms with Crippen LogP contribution in [0, 0.1) is 11.8 Å². The number of carbonyl (C=O) groups excluding carboxylic acids is 2. The summed E-state index contributed by atoms with van der Waals surface area (Å²) < 4.78 is 4.80. The molecule has 2 unspecified atom stereocenters. The lowest BCUT2D eigenvalue weighted by Crippen LogP contribution is -2.32. The van der Waals surface area contributed by atoms with Crippen LogP contribution < -0.4 is 0 Å². The number of carbonyl (C=O) groups is 2. The van der Waals surface area contributed by atoms with Gasteiger partial charge in [-0.3, -0.25) is 4.79 Å². The molecule has 4 nitrogen and oxygen atoms in total. The predicted octanol–water partition coefficient (Wildman–Crippen LogP) is 3.60. The zero-order valence-electron chi connectivity index (χ0n) is 14.8. The number of benzene rings is 1. The van der Waals surface area contributed by atoms with Crippen LogP contribution in [0.2, 0.25) is 0 Å². The van der Waals surface area contributed by atoms with E-state index in [-0.39, 0.29) is 17.9 Å². The minimum Gasteiger partial charge on any atom is -0.465 e. The van der Waals surface area contributed by atoms with Crippen molar-refractivity contribution in [1.82, 2.24) is 4.90 Å². The molecular formula is C19H27NO3. The van der Waals surface area contributed by atoms with Crippen molar-refractivity contribution in [3.05, 3.63) is 34.9 Å². The molecule has 0 aromatic heterocycles. The maximum absolute atomic E-state index is 12.6. The van der Waals surface area contributed by atoms with E-state index in [2.05, 4.69) is 20.8 Å². The topological polar surface area (TPSA) is 46.6 Å². The molecular weight excluding hydrogens is 290 g/mol. The molecule has 2 rings (SSSR count). The summed E-state index contributed by atoms with van der Waals surface area (Å²) in [5.41, 5.74) is 2.86. The third-order valence-corrected chi connectivity index (χ3v) is 5.11. The lowest BCUT2D eigenvalue weighted by atomic mass is 9.93. The van der Waals surface area contributed by atoms with Gasteiger partial charge in [0.2, 0.25) is 5.91 Å². The summed E-state index contributed by atoms with van der Waals surface area (Å²) >= 11 is 0. The Hall–Kier alpha value is -1.84. The predicted molar refractivity (Wildman–Crippen MR) is 90.2 cm³/mol. The highest BCUT2D eigenvalue weighted by Crippen LogP contribution is 2.36. The van der Waals surface area contributed by atoms with Gasteiger partial charge in [0.1, 0.15) is 0 Å². The summed E-state index contributed by atoms with van der Waals surface area (Å²) in [6.07, 6.45) is 2.42. The fourth-order valence-electron chi connectivity index (χ4n) is 3.06. The Bertz CT molecular complexity index is 594. The van der Waals surface area contributed by atoms with Gasteiger partial charge in [-0.1, -0.05) is 26.8 Å². The van der Waals surface area contributed by atoms with Crippen LogP contribution in [0.3, 0.4) is 0 Å². The van der Waals surface area contributed by atoms with Crippen molar-refractivity contribution in [2.24, 2.45) is 11.8 Å². The van der Waals surface area contributed by atoms with Gasteiger partial charge in [0.15, 0.2) is 0 Å². The summed E-state index contributed by atoms with van der Waals surface area (Å²) in [5.74, 6) is 0.703. The minimum absolute atomic E-state index is 0.0569. The molecule has 0 heterocycles. The molecule has 0 aliphatic heterocycles. The second kappa shape index (κ2) is 7.16. The first-order chi connectivity index (χ1) is 10.8. The summed E-state index contributed by atoms with van der Waals surface area (Å²) in [4.78, 5) is 26.2. The standard InChI is InChI=1S/C19H27NO3/c1-12(2)13(3)10-18(21)20(4)17-9-8-14-6-7-15(11-16(14)17)19(22)23-5/h6-7,11-13,17H,8-10H2,1-5H3. The Kier molecular flexibility index (Phi) is 5.45. The van der Waals surface area contributed by atoms with E-state index in [9.17, 15) is 9.59 Å². The number of fused-ring (bicyclic) bond motifs is 1. The van der Waals surface area contributed by atoms with Crippen LogP contribution >= 0.6 is 0 Å². The molecule has 1 aliphatic rings. The molecule has 1 aliphatic carbocycles. The van der Waals surface area contributed by atoms with Crippen molar-refractivity contribution in [3.63, 3.8) is 0 Å². The smallest absolute Gasteiger partial charge is 0.337 e. The quantitative estimate of drug-likeness (QED) is 0.780. The summed E-state index contributed by atoms with van der Waals surface area (Å²) in [6, 6.07) is 5.72. The Morgan fingerprint density at radius 3 is 2.61 bits per heavy atom. The Morgan fingerprint density at radius 2 is 2.00 bits per heavy atom. The zero-order chi connectivity index (χ0) is 17.1. The lowest BCUT2D eigenvalue weighted by Gasteiger charge is -2.27. The summed E-state index contributed by atoms with van der Waals surface area (Å²) in [5, 5.41) is 0. The largest absolute Gasteiger partial charge is 0.465 e. The van der Waals surface area contributed by atoms with Crippen molar-refractivity contribution in [3.8, 4) is 0 Å². The number of aryl methyl sites for hydroxylation is 1. The van der Waals surface area contributed by atoms with Crippen molar-refractivity contribution in [2.45, 2.75) is 46.1 Å². The molecule has 0 radical (unpaired) electrons. The first-order valence-corrected chi connectivity index (χ1v) is 8.32. The summed E-state index contributed by atoms with van der Waals surface area (Å²) in [6.45, 7) is 6.41. The molecule has 4 heteroatoms. The first-order valence-electron chi connectivity index (χ1n) is 8.32. The zero-order valence-corrected chi connectivity index (χ0v) is 14.8. The Labute approximate surface area is 138 Å². The van der Waals surface area contributed by atoms with Crippen LogP contribution in [-0.2, 0) is 16.0 Å². The van der Waals surface area contributed by atoms with Gasteiger partial charge >= 0.3 is 5.97 Å². The number of nitrogens with zero attached hydrogens (tertiary/aromatic N) is 1. The van der Waals surface area contributed by atoms with Crippen LogP contribution in [0.1, 0.15) is 61.1 Å². The normalized spacial score (nSPS) is 17.7. The maximum atomic E-state index is 12.6. The SMILES string of the molecule is COC(=O)c1ccc2c(c1)C(N(C)C(=O)CC(C)C(C)C)CC2. The fourth-order valence-corrected chi connectivity index (χ4v) is 3.06. The van der Waals surface area contributed by atoms with Crippen molar-refractivity contribution in [1.29, 1.82) is 0 Å². The average Bonchev–Trinajstić information content (AvgIpc) is 2.95. The number of hydrogen-bond acceptors (Lipinski definition) is 3. The molecule has 0 saturated carbocycles. The molecule has 1 amide bonds. The van der Waals surface area contributed by atoms with E-state index in [0.29, 0.717) is 23.8 Å². The number of esters is 1. The Balaban J connectivity index is 2.17. The number of hydrogen-bond donors (Lipinski definition) is 0. The van der Waals surface area contributed by atoms with Gasteiger partial charge in [-0.2, -0.15) is 0 Å². The molecule has 126 valence electrons. The highest BCUT2D eigenvalue weighted by Gasteiger charge is 2.30. The molecule has 0 spiro atoms. The molecule has 0 N–H and O–H groups in total. The highest BCUT2D eigenvalue weighted by atomic mass is 16.5. The highest BCUT2D eigenvalue weighted by molar-refractivity contribution is 5.89. The van der Waals surface area contributed by atoms with Crippen molar-refractivity contribution < 1.29 is 14.3 Å². The van der Waals surface area contributed by atoms with Crippen LogP contribution in [0.5, 0.6) is 0 Å². The number of amides is 1. The monoisotopic (exact) mass is 317 g/mol. The average molecular weight is 317 g/mol. The molecule has 1 aromatic rings. The minimum atomic E-state index is -0.333. The van der Waals surface area contributed by atoms with Gasteiger partial charge in [0.05, 0.1) is 18.7 Å². The van der Waals surface area contributed by atoms with Gasteiger partial charge in [0.25, 0.3) is 0 Å². The molecule has 0 fully saturated rings. The molecule has 23 heavy (non-hydrogen) atoms. The first kappa shape index (κ1) is 17.5. The van der Waals surface area contributed by atoms with Crippen molar-refractivity contribution in [2.75, 3.05) is 14.2 Å². The van der Waals surface area contributed by atoms with E-state index in [1.807, 2.05) is 24.1 Å². The number of methoxy groups -OCH3 is 1. The van der Waals surface area contributed by atoms with E-state index in [1.165, 1.54) is 12.7 Å². The van der Waals surface area contributed by atoms with E-state index in [4.69, 9.17) is 4.74 Å². The summed E-state index contributed by atoms with van der Waals surface area (Å²) in [7, 11) is 3.26. The van der Waals surface area contributed by atoms with Crippen LogP contribution in [0.15, 0.2) is 18.2 Å². The van der Waals surface area contributed by atoms with Gasteiger partial charge in [-0.25, -0.2) is 4.79 Å². The maximum Gasteiger partial charge on any atom is 0.337 e. The van der Waals surface area contributed by atoms with E-state index < -0.39 is 0 Å². The van der Waals surface area contributed by atoms with Crippen LogP contribution in [-0.4, -0.2) is 30.9 Å². The fraction of sp³-hybridized carbons (Fsp3) is 0.579. The number of ether oxygens (including phenoxy) is 1. The second-order valence-electron chi connectivity index (χ2n) is 6.89. The van der Waals surface area contributed by atoms with Crippen molar-refractivity contribution >= 4 is 11.9 Å². The van der Waals surface area contributed by atoms with Crippen LogP contribution in [0.4, 0.5) is 0 Å². The van der Waals surface area contributed by atoms with Crippen LogP contribution in [0.25, 0.3) is 0 Å². The molecule has 2 atom stereocenters. The second-order valence-corrected chi connectivity index (χ2v) is 6.89. The van der Waals surface area contributed by atoms with Gasteiger partial charge < -0.3 is 9.64 Å².